The summed E-state index contributed by atoms with van der Waals surface area (Å²) >= 11 is 1.51. The average Bonchev–Trinajstić information content (AvgIpc) is 2.66. The van der Waals surface area contributed by atoms with Gasteiger partial charge in [0, 0.05) is 11.3 Å². The molecule has 1 heterocycles. The van der Waals surface area contributed by atoms with Crippen molar-refractivity contribution in [2.24, 2.45) is 0 Å². The molecule has 1 rings (SSSR count). The third kappa shape index (κ3) is 2.99. The Balaban J connectivity index is 2.61. The molecule has 1 aromatic heterocycles. The number of aliphatic hydroxyl groups excluding tert-OH is 1. The number of hydrogen-bond donors (Lipinski definition) is 2. The summed E-state index contributed by atoms with van der Waals surface area (Å²) in [5, 5.41) is 11.9. The van der Waals surface area contributed by atoms with Crippen molar-refractivity contribution in [1.29, 1.82) is 0 Å². The van der Waals surface area contributed by atoms with Crippen LogP contribution in [0.3, 0.4) is 0 Å². The van der Waals surface area contributed by atoms with Gasteiger partial charge in [0.15, 0.2) is 12.1 Å². The monoisotopic (exact) mass is 244 g/mol. The van der Waals surface area contributed by atoms with Crippen molar-refractivity contribution in [1.82, 2.24) is 10.3 Å². The van der Waals surface area contributed by atoms with Crippen molar-refractivity contribution in [3.05, 3.63) is 17.8 Å². The van der Waals surface area contributed by atoms with Crippen LogP contribution in [-0.4, -0.2) is 40.2 Å². The van der Waals surface area contributed by atoms with Gasteiger partial charge in [-0.25, -0.2) is 4.98 Å². The molecule has 1 aromatic rings. The van der Waals surface area contributed by atoms with Gasteiger partial charge in [0.2, 0.25) is 0 Å². The van der Waals surface area contributed by atoms with Crippen molar-refractivity contribution in [2.75, 3.05) is 12.9 Å². The highest BCUT2D eigenvalue weighted by molar-refractivity contribution is 7.99. The summed E-state index contributed by atoms with van der Waals surface area (Å²) in [4.78, 5) is 15.6. The number of oxazole rings is 1. The van der Waals surface area contributed by atoms with Gasteiger partial charge in [0.25, 0.3) is 5.91 Å². The molecule has 2 unspecified atom stereocenters. The molecular formula is C10H16N2O3S. The first-order valence-electron chi connectivity index (χ1n) is 4.94. The van der Waals surface area contributed by atoms with Crippen molar-refractivity contribution >= 4 is 17.7 Å². The summed E-state index contributed by atoms with van der Waals surface area (Å²) < 4.78 is 4.95. The van der Waals surface area contributed by atoms with Crippen LogP contribution in [0.5, 0.6) is 0 Å². The second-order valence-electron chi connectivity index (χ2n) is 3.48. The van der Waals surface area contributed by atoms with E-state index in [4.69, 9.17) is 9.52 Å². The Morgan fingerprint density at radius 2 is 2.44 bits per heavy atom. The first-order valence-corrected chi connectivity index (χ1v) is 6.23. The average molecular weight is 244 g/mol. The molecule has 0 aliphatic heterocycles. The van der Waals surface area contributed by atoms with E-state index < -0.39 is 0 Å². The summed E-state index contributed by atoms with van der Waals surface area (Å²) in [6.45, 7) is 3.57. The summed E-state index contributed by atoms with van der Waals surface area (Å²) in [6.07, 6.45) is 3.14. The molecule has 0 aliphatic rings. The third-order valence-corrected chi connectivity index (χ3v) is 3.52. The molecule has 5 nitrogen and oxygen atoms in total. The molecule has 0 fully saturated rings. The maximum Gasteiger partial charge on any atom is 0.273 e. The highest BCUT2D eigenvalue weighted by Gasteiger charge is 2.20. The van der Waals surface area contributed by atoms with Crippen molar-refractivity contribution in [3.63, 3.8) is 0 Å². The number of aromatic nitrogens is 1. The lowest BCUT2D eigenvalue weighted by Gasteiger charge is -2.20. The van der Waals surface area contributed by atoms with Crippen LogP contribution in [0.15, 0.2) is 10.8 Å². The van der Waals surface area contributed by atoms with Crippen molar-refractivity contribution in [2.45, 2.75) is 25.1 Å². The number of aliphatic hydroxyl groups is 1. The Morgan fingerprint density at radius 1 is 1.75 bits per heavy atom. The molecule has 0 bridgehead atoms. The van der Waals surface area contributed by atoms with E-state index in [1.807, 2.05) is 13.2 Å². The van der Waals surface area contributed by atoms with Gasteiger partial charge >= 0.3 is 0 Å². The smallest absolute Gasteiger partial charge is 0.273 e. The highest BCUT2D eigenvalue weighted by atomic mass is 32.2. The van der Waals surface area contributed by atoms with Crippen LogP contribution in [0.1, 0.15) is 23.2 Å². The van der Waals surface area contributed by atoms with Gasteiger partial charge in [-0.15, -0.1) is 0 Å². The molecule has 1 amide bonds. The van der Waals surface area contributed by atoms with Crippen LogP contribution in [0.4, 0.5) is 0 Å². The number of rotatable bonds is 5. The second kappa shape index (κ2) is 5.91. The van der Waals surface area contributed by atoms with Crippen LogP contribution < -0.4 is 5.32 Å². The topological polar surface area (TPSA) is 75.4 Å². The predicted octanol–water partition coefficient (Wildman–Crippen LogP) is 0.825. The van der Waals surface area contributed by atoms with Crippen LogP contribution in [0, 0.1) is 6.92 Å². The Kier molecular flexibility index (Phi) is 4.82. The minimum Gasteiger partial charge on any atom is -0.448 e. The molecule has 0 aliphatic carbocycles. The Labute approximate surface area is 98.6 Å². The number of carbonyl (C=O) groups is 1. The van der Waals surface area contributed by atoms with Crippen LogP contribution in [-0.2, 0) is 0 Å². The first-order chi connectivity index (χ1) is 7.60. The van der Waals surface area contributed by atoms with Gasteiger partial charge in [-0.05, 0) is 20.1 Å². The number of hydrogen-bond acceptors (Lipinski definition) is 5. The standard InChI is InChI=1S/C10H16N2O3S/c1-6(8(4-13)16-3)12-10(14)9-7(2)15-5-11-9/h5-6,8,13H,4H2,1-3H3,(H,12,14). The zero-order valence-corrected chi connectivity index (χ0v) is 10.4. The molecule has 2 N–H and O–H groups in total. The Hall–Kier alpha value is -1.01. The van der Waals surface area contributed by atoms with E-state index in [9.17, 15) is 4.79 Å². The molecule has 0 radical (unpaired) electrons. The fourth-order valence-corrected chi connectivity index (χ4v) is 1.95. The van der Waals surface area contributed by atoms with E-state index in [1.165, 1.54) is 18.2 Å². The van der Waals surface area contributed by atoms with Gasteiger partial charge in [-0.2, -0.15) is 11.8 Å². The quantitative estimate of drug-likeness (QED) is 0.802. The van der Waals surface area contributed by atoms with E-state index >= 15 is 0 Å². The van der Waals surface area contributed by atoms with Gasteiger partial charge in [-0.1, -0.05) is 0 Å². The number of nitrogens with one attached hydrogen (secondary N) is 1. The second-order valence-corrected chi connectivity index (χ2v) is 4.55. The highest BCUT2D eigenvalue weighted by Crippen LogP contribution is 2.11. The van der Waals surface area contributed by atoms with Gasteiger partial charge in [-0.3, -0.25) is 4.79 Å². The molecule has 0 saturated heterocycles. The van der Waals surface area contributed by atoms with E-state index in [0.29, 0.717) is 11.5 Å². The number of thioether (sulfide) groups is 1. The SMILES string of the molecule is CSC(CO)C(C)NC(=O)c1ncoc1C. The largest absolute Gasteiger partial charge is 0.448 e. The molecule has 16 heavy (non-hydrogen) atoms. The molecule has 90 valence electrons. The lowest BCUT2D eigenvalue weighted by molar-refractivity contribution is 0.0930. The Bertz CT molecular complexity index is 350. The summed E-state index contributed by atoms with van der Waals surface area (Å²) in [5.41, 5.74) is 0.296. The minimum atomic E-state index is -0.272. The fraction of sp³-hybridized carbons (Fsp3) is 0.600. The van der Waals surface area contributed by atoms with E-state index in [2.05, 4.69) is 10.3 Å². The van der Waals surface area contributed by atoms with E-state index in [0.717, 1.165) is 0 Å². The molecular weight excluding hydrogens is 228 g/mol. The van der Waals surface area contributed by atoms with E-state index in [-0.39, 0.29) is 23.8 Å². The molecule has 2 atom stereocenters. The van der Waals surface area contributed by atoms with Crippen LogP contribution in [0.25, 0.3) is 0 Å². The Morgan fingerprint density at radius 3 is 2.88 bits per heavy atom. The lowest BCUT2D eigenvalue weighted by Crippen LogP contribution is -2.41. The number of aryl methyl sites for hydroxylation is 1. The molecule has 0 spiro atoms. The lowest BCUT2D eigenvalue weighted by atomic mass is 10.2. The van der Waals surface area contributed by atoms with Crippen molar-refractivity contribution in [3.8, 4) is 0 Å². The van der Waals surface area contributed by atoms with Gasteiger partial charge < -0.3 is 14.8 Å². The fourth-order valence-electron chi connectivity index (χ4n) is 1.33. The van der Waals surface area contributed by atoms with Crippen LogP contribution in [0.2, 0.25) is 0 Å². The van der Waals surface area contributed by atoms with Gasteiger partial charge in [0.05, 0.1) is 6.61 Å². The van der Waals surface area contributed by atoms with Crippen molar-refractivity contribution < 1.29 is 14.3 Å². The first kappa shape index (κ1) is 13.1. The molecule has 0 saturated carbocycles. The number of carbonyl (C=O) groups excluding carboxylic acids is 1. The van der Waals surface area contributed by atoms with E-state index in [1.54, 1.807) is 6.92 Å². The number of nitrogens with zero attached hydrogens (tertiary/aromatic N) is 1. The molecule has 6 heteroatoms. The maximum atomic E-state index is 11.7. The minimum absolute atomic E-state index is 0.0174. The summed E-state index contributed by atoms with van der Waals surface area (Å²) in [7, 11) is 0. The number of amides is 1. The zero-order valence-electron chi connectivity index (χ0n) is 9.56. The summed E-state index contributed by atoms with van der Waals surface area (Å²) in [6, 6.07) is -0.122. The zero-order chi connectivity index (χ0) is 12.1. The molecule has 0 aromatic carbocycles. The summed E-state index contributed by atoms with van der Waals surface area (Å²) in [5.74, 6) is 0.223. The van der Waals surface area contributed by atoms with Gasteiger partial charge in [0.1, 0.15) is 5.76 Å². The third-order valence-electron chi connectivity index (χ3n) is 2.36. The predicted molar refractivity (Wildman–Crippen MR) is 62.6 cm³/mol. The normalized spacial score (nSPS) is 14.5. The maximum absolute atomic E-state index is 11.7. The van der Waals surface area contributed by atoms with Crippen LogP contribution >= 0.6 is 11.8 Å².